The highest BCUT2D eigenvalue weighted by Crippen LogP contribution is 2.37. The van der Waals surface area contributed by atoms with Gasteiger partial charge in [0.2, 0.25) is 19.5 Å². The zero-order valence-electron chi connectivity index (χ0n) is 16.7. The Hall–Kier alpha value is -3.02. The van der Waals surface area contributed by atoms with E-state index in [-0.39, 0.29) is 32.5 Å². The molecule has 0 bridgehead atoms. The summed E-state index contributed by atoms with van der Waals surface area (Å²) in [6.07, 6.45) is 0.266. The summed E-state index contributed by atoms with van der Waals surface area (Å²) in [5.74, 6) is 2.06. The van der Waals surface area contributed by atoms with Crippen LogP contribution in [0.15, 0.2) is 36.4 Å². The number of likely N-dealkylation sites (N-methyl/N-ethyl adjacent to an activating group) is 1. The van der Waals surface area contributed by atoms with Gasteiger partial charge >= 0.3 is 0 Å². The van der Waals surface area contributed by atoms with E-state index in [1.165, 1.54) is 7.05 Å². The van der Waals surface area contributed by atoms with Gasteiger partial charge in [0.25, 0.3) is 10.2 Å². The van der Waals surface area contributed by atoms with Gasteiger partial charge in [-0.1, -0.05) is 12.1 Å². The number of carbonyl (C=O) groups excluding carboxylic acids is 1. The van der Waals surface area contributed by atoms with Gasteiger partial charge in [-0.25, -0.2) is 0 Å². The average Bonchev–Trinajstić information content (AvgIpc) is 3.41. The van der Waals surface area contributed by atoms with Crippen molar-refractivity contribution >= 4 is 16.1 Å². The largest absolute Gasteiger partial charge is 0.454 e. The van der Waals surface area contributed by atoms with Gasteiger partial charge in [0.15, 0.2) is 23.0 Å². The van der Waals surface area contributed by atoms with Gasteiger partial charge in [-0.2, -0.15) is 17.4 Å². The molecule has 10 nitrogen and oxygen atoms in total. The molecule has 0 aliphatic carbocycles. The topological polar surface area (TPSA) is 115 Å². The van der Waals surface area contributed by atoms with Crippen LogP contribution in [0.4, 0.5) is 0 Å². The molecular weight excluding hydrogens is 426 g/mol. The van der Waals surface area contributed by atoms with Crippen LogP contribution in [0, 0.1) is 0 Å². The Balaban J connectivity index is 1.31. The van der Waals surface area contributed by atoms with E-state index < -0.39 is 22.3 Å². The minimum atomic E-state index is -3.84. The number of amides is 1. The highest BCUT2D eigenvalue weighted by atomic mass is 32.2. The van der Waals surface area contributed by atoms with Crippen molar-refractivity contribution in [2.75, 3.05) is 20.6 Å². The molecule has 0 aromatic heterocycles. The van der Waals surface area contributed by atoms with Crippen molar-refractivity contribution in [1.29, 1.82) is 0 Å². The lowest BCUT2D eigenvalue weighted by molar-refractivity contribution is -0.125. The number of nitrogens with zero attached hydrogens (tertiary/aromatic N) is 1. The maximum absolute atomic E-state index is 12.9. The van der Waals surface area contributed by atoms with Gasteiger partial charge in [0.05, 0.1) is 6.04 Å². The van der Waals surface area contributed by atoms with E-state index in [9.17, 15) is 13.2 Å². The Morgan fingerprint density at radius 2 is 1.68 bits per heavy atom. The van der Waals surface area contributed by atoms with Crippen LogP contribution in [0.5, 0.6) is 23.0 Å². The van der Waals surface area contributed by atoms with Crippen molar-refractivity contribution in [2.45, 2.75) is 25.0 Å². The fourth-order valence-corrected chi connectivity index (χ4v) is 5.09. The van der Waals surface area contributed by atoms with Crippen LogP contribution in [-0.2, 0) is 21.5 Å². The van der Waals surface area contributed by atoms with Crippen molar-refractivity contribution in [3.05, 3.63) is 47.5 Å². The number of carbonyl (C=O) groups is 1. The molecule has 0 spiro atoms. The molecule has 164 valence electrons. The highest BCUT2D eigenvalue weighted by Gasteiger charge is 2.40. The first kappa shape index (κ1) is 19.9. The highest BCUT2D eigenvalue weighted by molar-refractivity contribution is 7.87. The molecule has 2 aromatic rings. The first-order valence-corrected chi connectivity index (χ1v) is 11.2. The SMILES string of the molecule is CN1C(C(=O)NCc2ccc3c(c2)OCO3)CC(c2ccc3c(c2)OCO3)NS1(=O)=O. The van der Waals surface area contributed by atoms with Crippen LogP contribution in [0.1, 0.15) is 23.6 Å². The van der Waals surface area contributed by atoms with E-state index >= 15 is 0 Å². The molecule has 0 radical (unpaired) electrons. The Morgan fingerprint density at radius 3 is 2.42 bits per heavy atom. The van der Waals surface area contributed by atoms with E-state index in [0.29, 0.717) is 28.6 Å². The second-order valence-corrected chi connectivity index (χ2v) is 9.22. The number of ether oxygens (including phenoxy) is 4. The molecule has 1 saturated heterocycles. The Bertz CT molecular complexity index is 1140. The smallest absolute Gasteiger partial charge is 0.280 e. The third kappa shape index (κ3) is 3.75. The monoisotopic (exact) mass is 447 g/mol. The summed E-state index contributed by atoms with van der Waals surface area (Å²) < 4.78 is 50.4. The quantitative estimate of drug-likeness (QED) is 0.720. The van der Waals surface area contributed by atoms with E-state index in [4.69, 9.17) is 18.9 Å². The molecule has 2 atom stereocenters. The van der Waals surface area contributed by atoms with E-state index in [1.807, 2.05) is 6.07 Å². The van der Waals surface area contributed by atoms with Crippen LogP contribution >= 0.6 is 0 Å². The lowest BCUT2D eigenvalue weighted by Gasteiger charge is -2.36. The number of fused-ring (bicyclic) bond motifs is 2. The second kappa shape index (κ2) is 7.59. The molecule has 3 aliphatic heterocycles. The van der Waals surface area contributed by atoms with Gasteiger partial charge in [-0.15, -0.1) is 0 Å². The predicted octanol–water partition coefficient (Wildman–Crippen LogP) is 1.04. The van der Waals surface area contributed by atoms with E-state index in [2.05, 4.69) is 10.0 Å². The third-order valence-electron chi connectivity index (χ3n) is 5.57. The molecule has 0 saturated carbocycles. The maximum atomic E-state index is 12.9. The molecule has 1 fully saturated rings. The molecule has 5 rings (SSSR count). The molecular formula is C20H21N3O7S. The van der Waals surface area contributed by atoms with Crippen LogP contribution in [0.3, 0.4) is 0 Å². The number of nitrogens with one attached hydrogen (secondary N) is 2. The van der Waals surface area contributed by atoms with E-state index in [0.717, 1.165) is 9.87 Å². The number of hydrogen-bond acceptors (Lipinski definition) is 7. The Morgan fingerprint density at radius 1 is 1.03 bits per heavy atom. The molecule has 2 unspecified atom stereocenters. The molecule has 3 heterocycles. The zero-order valence-corrected chi connectivity index (χ0v) is 17.5. The van der Waals surface area contributed by atoms with Gasteiger partial charge in [0.1, 0.15) is 6.04 Å². The zero-order chi connectivity index (χ0) is 21.6. The van der Waals surface area contributed by atoms with Crippen LogP contribution < -0.4 is 29.0 Å². The first-order valence-electron chi connectivity index (χ1n) is 9.72. The summed E-state index contributed by atoms with van der Waals surface area (Å²) in [6, 6.07) is 9.20. The normalized spacial score (nSPS) is 23.5. The first-order chi connectivity index (χ1) is 14.9. The van der Waals surface area contributed by atoms with Crippen LogP contribution in [0.25, 0.3) is 0 Å². The molecule has 11 heteroatoms. The van der Waals surface area contributed by atoms with Crippen LogP contribution in [0.2, 0.25) is 0 Å². The fraction of sp³-hybridized carbons (Fsp3) is 0.350. The lowest BCUT2D eigenvalue weighted by atomic mass is 9.99. The van der Waals surface area contributed by atoms with Crippen LogP contribution in [-0.4, -0.2) is 45.3 Å². The molecule has 2 aromatic carbocycles. The number of rotatable bonds is 4. The summed E-state index contributed by atoms with van der Waals surface area (Å²) in [4.78, 5) is 12.9. The number of hydrogen-bond donors (Lipinski definition) is 2. The lowest BCUT2D eigenvalue weighted by Crippen LogP contribution is -2.57. The summed E-state index contributed by atoms with van der Waals surface area (Å²) >= 11 is 0. The standard InChI is InChI=1S/C20H21N3O7S/c1-23-15(20(24)21-9-12-2-4-16-18(6-12)29-10-27-16)8-14(22-31(23,25)26)13-3-5-17-19(7-13)30-11-28-17/h2-7,14-15,22H,8-11H2,1H3,(H,21,24). The maximum Gasteiger partial charge on any atom is 0.280 e. The third-order valence-corrected chi connectivity index (χ3v) is 7.17. The fourth-order valence-electron chi connectivity index (χ4n) is 3.81. The van der Waals surface area contributed by atoms with Crippen molar-refractivity contribution in [1.82, 2.24) is 14.3 Å². The Labute approximate surface area is 179 Å². The summed E-state index contributed by atoms with van der Waals surface area (Å²) in [5.41, 5.74) is 1.53. The summed E-state index contributed by atoms with van der Waals surface area (Å²) in [6.45, 7) is 0.537. The average molecular weight is 447 g/mol. The summed E-state index contributed by atoms with van der Waals surface area (Å²) in [5, 5.41) is 2.83. The van der Waals surface area contributed by atoms with Crippen molar-refractivity contribution in [3.8, 4) is 23.0 Å². The molecule has 3 aliphatic rings. The molecule has 2 N–H and O–H groups in total. The van der Waals surface area contributed by atoms with Gasteiger partial charge in [-0.05, 0) is 41.8 Å². The minimum absolute atomic E-state index is 0.128. The Kier molecular flexibility index (Phi) is 4.88. The van der Waals surface area contributed by atoms with Gasteiger partial charge in [0, 0.05) is 13.6 Å². The molecule has 31 heavy (non-hydrogen) atoms. The van der Waals surface area contributed by atoms with E-state index in [1.54, 1.807) is 30.3 Å². The summed E-state index contributed by atoms with van der Waals surface area (Å²) in [7, 11) is -2.45. The predicted molar refractivity (Wildman–Crippen MR) is 108 cm³/mol. The second-order valence-electron chi connectivity index (χ2n) is 7.46. The molecule has 1 amide bonds. The number of benzene rings is 2. The van der Waals surface area contributed by atoms with Gasteiger partial charge in [-0.3, -0.25) is 4.79 Å². The van der Waals surface area contributed by atoms with Crippen molar-refractivity contribution in [2.24, 2.45) is 0 Å². The van der Waals surface area contributed by atoms with Crippen molar-refractivity contribution in [3.63, 3.8) is 0 Å². The van der Waals surface area contributed by atoms with Crippen molar-refractivity contribution < 1.29 is 32.2 Å². The minimum Gasteiger partial charge on any atom is -0.454 e. The van der Waals surface area contributed by atoms with Gasteiger partial charge < -0.3 is 24.3 Å².